The molecule has 146 valence electrons. The fraction of sp³-hybridized carbons (Fsp3) is 0.227. The topological polar surface area (TPSA) is 65.0 Å². The van der Waals surface area contributed by atoms with Gasteiger partial charge in [-0.05, 0) is 47.7 Å². The maximum Gasteiger partial charge on any atom is 0.312 e. The highest BCUT2D eigenvalue weighted by Crippen LogP contribution is 2.31. The number of carboxylic acids is 1. The third-order valence-electron chi connectivity index (χ3n) is 4.21. The molecule has 1 aromatic heterocycles. The predicted octanol–water partition coefficient (Wildman–Crippen LogP) is 4.63. The van der Waals surface area contributed by atoms with Crippen LogP contribution in [0.4, 0.5) is 0 Å². The second-order valence-electron chi connectivity index (χ2n) is 6.11. The summed E-state index contributed by atoms with van der Waals surface area (Å²) in [5.41, 5.74) is 0.880. The van der Waals surface area contributed by atoms with Crippen LogP contribution < -0.4 is 14.2 Å². The summed E-state index contributed by atoms with van der Waals surface area (Å²) < 4.78 is 16.8. The predicted molar refractivity (Wildman–Crippen MR) is 109 cm³/mol. The van der Waals surface area contributed by atoms with Crippen LogP contribution in [0.2, 0.25) is 0 Å². The van der Waals surface area contributed by atoms with E-state index in [-0.39, 0.29) is 0 Å². The van der Waals surface area contributed by atoms with Crippen LogP contribution in [0.25, 0.3) is 0 Å². The molecule has 0 aliphatic heterocycles. The largest absolute Gasteiger partial charge is 0.493 e. The van der Waals surface area contributed by atoms with Crippen molar-refractivity contribution in [2.45, 2.75) is 12.3 Å². The van der Waals surface area contributed by atoms with E-state index in [1.807, 2.05) is 66.0 Å². The molecule has 1 N–H and O–H groups in total. The SMILES string of the molecule is COc1cc(CC(C(=O)O)c2cccs2)ccc1OCCOc1ccccc1. The fourth-order valence-corrected chi connectivity index (χ4v) is 3.64. The Kier molecular flexibility index (Phi) is 6.92. The molecule has 1 unspecified atom stereocenters. The average Bonchev–Trinajstić information content (AvgIpc) is 3.25. The summed E-state index contributed by atoms with van der Waals surface area (Å²) in [5, 5.41) is 11.5. The molecule has 28 heavy (non-hydrogen) atoms. The molecular formula is C22H22O5S. The zero-order valence-electron chi connectivity index (χ0n) is 15.5. The molecule has 0 bridgehead atoms. The number of carboxylic acid groups (broad SMARTS) is 1. The monoisotopic (exact) mass is 398 g/mol. The highest BCUT2D eigenvalue weighted by atomic mass is 32.1. The normalized spacial score (nSPS) is 11.6. The second-order valence-corrected chi connectivity index (χ2v) is 7.08. The Morgan fingerprint density at radius 1 is 1.00 bits per heavy atom. The van der Waals surface area contributed by atoms with Gasteiger partial charge >= 0.3 is 5.97 Å². The Morgan fingerprint density at radius 2 is 1.79 bits per heavy atom. The fourth-order valence-electron chi connectivity index (χ4n) is 2.82. The van der Waals surface area contributed by atoms with Crippen LogP contribution in [0, 0.1) is 0 Å². The van der Waals surface area contributed by atoms with Gasteiger partial charge in [0, 0.05) is 4.88 Å². The van der Waals surface area contributed by atoms with E-state index in [0.717, 1.165) is 16.2 Å². The zero-order chi connectivity index (χ0) is 19.8. The summed E-state index contributed by atoms with van der Waals surface area (Å²) in [7, 11) is 1.57. The smallest absolute Gasteiger partial charge is 0.312 e. The van der Waals surface area contributed by atoms with Crippen molar-refractivity contribution in [3.63, 3.8) is 0 Å². The summed E-state index contributed by atoms with van der Waals surface area (Å²) in [6, 6.07) is 18.8. The molecule has 1 atom stereocenters. The van der Waals surface area contributed by atoms with Crippen LogP contribution in [0.15, 0.2) is 66.0 Å². The lowest BCUT2D eigenvalue weighted by Crippen LogP contribution is -2.13. The highest BCUT2D eigenvalue weighted by Gasteiger charge is 2.22. The average molecular weight is 398 g/mol. The van der Waals surface area contributed by atoms with Crippen LogP contribution >= 0.6 is 11.3 Å². The first-order valence-electron chi connectivity index (χ1n) is 8.91. The number of hydrogen-bond acceptors (Lipinski definition) is 5. The lowest BCUT2D eigenvalue weighted by molar-refractivity contribution is -0.138. The maximum atomic E-state index is 11.7. The highest BCUT2D eigenvalue weighted by molar-refractivity contribution is 7.10. The number of methoxy groups -OCH3 is 1. The first kappa shape index (κ1) is 19.8. The summed E-state index contributed by atoms with van der Waals surface area (Å²) in [5.74, 6) is 0.565. The first-order chi connectivity index (χ1) is 13.7. The van der Waals surface area contributed by atoms with E-state index in [9.17, 15) is 9.90 Å². The van der Waals surface area contributed by atoms with E-state index in [4.69, 9.17) is 14.2 Å². The molecule has 0 saturated heterocycles. The summed E-state index contributed by atoms with van der Waals surface area (Å²) in [4.78, 5) is 12.5. The molecule has 0 saturated carbocycles. The minimum Gasteiger partial charge on any atom is -0.493 e. The summed E-state index contributed by atoms with van der Waals surface area (Å²) in [6.07, 6.45) is 0.392. The minimum atomic E-state index is -0.834. The van der Waals surface area contributed by atoms with Gasteiger partial charge in [0.15, 0.2) is 11.5 Å². The standard InChI is InChI=1S/C22H22O5S/c1-25-20-15-16(14-18(22(23)24)21-8-5-13-28-21)9-10-19(20)27-12-11-26-17-6-3-2-4-7-17/h2-10,13,15,18H,11-12,14H2,1H3,(H,23,24). The molecule has 3 rings (SSSR count). The van der Waals surface area contributed by atoms with Crippen LogP contribution in [0.3, 0.4) is 0 Å². The van der Waals surface area contributed by atoms with E-state index in [1.54, 1.807) is 7.11 Å². The van der Waals surface area contributed by atoms with Gasteiger partial charge in [-0.1, -0.05) is 30.3 Å². The lowest BCUT2D eigenvalue weighted by atomic mass is 9.97. The molecule has 0 aliphatic rings. The number of hydrogen-bond donors (Lipinski definition) is 1. The molecule has 0 fully saturated rings. The molecule has 0 aliphatic carbocycles. The van der Waals surface area contributed by atoms with Gasteiger partial charge in [0.05, 0.1) is 13.0 Å². The van der Waals surface area contributed by atoms with Gasteiger partial charge in [-0.15, -0.1) is 11.3 Å². The third-order valence-corrected chi connectivity index (χ3v) is 5.19. The number of benzene rings is 2. The van der Waals surface area contributed by atoms with Gasteiger partial charge < -0.3 is 19.3 Å². The van der Waals surface area contributed by atoms with Crippen molar-refractivity contribution in [1.29, 1.82) is 0 Å². The molecule has 6 heteroatoms. The minimum absolute atomic E-state index is 0.373. The molecule has 1 heterocycles. The van der Waals surface area contributed by atoms with Gasteiger partial charge in [0.2, 0.25) is 0 Å². The van der Waals surface area contributed by atoms with E-state index in [0.29, 0.717) is 31.1 Å². The van der Waals surface area contributed by atoms with Crippen molar-refractivity contribution in [2.24, 2.45) is 0 Å². The molecular weight excluding hydrogens is 376 g/mol. The van der Waals surface area contributed by atoms with E-state index >= 15 is 0 Å². The zero-order valence-corrected chi connectivity index (χ0v) is 16.4. The van der Waals surface area contributed by atoms with Gasteiger partial charge in [0.1, 0.15) is 19.0 Å². The molecule has 0 radical (unpaired) electrons. The number of ether oxygens (including phenoxy) is 3. The summed E-state index contributed by atoms with van der Waals surface area (Å²) >= 11 is 1.45. The van der Waals surface area contributed by atoms with E-state index in [1.165, 1.54) is 11.3 Å². The van der Waals surface area contributed by atoms with Gasteiger partial charge in [-0.2, -0.15) is 0 Å². The third kappa shape index (κ3) is 5.27. The summed E-state index contributed by atoms with van der Waals surface area (Å²) in [6.45, 7) is 0.784. The first-order valence-corrected chi connectivity index (χ1v) is 9.79. The number of aliphatic carboxylic acids is 1. The number of thiophene rings is 1. The van der Waals surface area contributed by atoms with Crippen LogP contribution in [-0.4, -0.2) is 31.4 Å². The lowest BCUT2D eigenvalue weighted by Gasteiger charge is -2.15. The van der Waals surface area contributed by atoms with Crippen molar-refractivity contribution in [3.05, 3.63) is 76.5 Å². The number of carbonyl (C=O) groups is 1. The molecule has 5 nitrogen and oxygen atoms in total. The quantitative estimate of drug-likeness (QED) is 0.505. The van der Waals surface area contributed by atoms with Crippen LogP contribution in [0.1, 0.15) is 16.4 Å². The Hall–Kier alpha value is -2.99. The maximum absolute atomic E-state index is 11.7. The Morgan fingerprint density at radius 3 is 2.46 bits per heavy atom. The molecule has 0 amide bonds. The van der Waals surface area contributed by atoms with Crippen LogP contribution in [-0.2, 0) is 11.2 Å². The van der Waals surface area contributed by atoms with Crippen LogP contribution in [0.5, 0.6) is 17.2 Å². The van der Waals surface area contributed by atoms with Crippen molar-refractivity contribution in [3.8, 4) is 17.2 Å². The Balaban J connectivity index is 1.60. The Bertz CT molecular complexity index is 877. The molecule has 0 spiro atoms. The number of rotatable bonds is 10. The molecule has 2 aromatic carbocycles. The molecule has 3 aromatic rings. The number of para-hydroxylation sites is 1. The van der Waals surface area contributed by atoms with Gasteiger partial charge in [-0.25, -0.2) is 0 Å². The second kappa shape index (κ2) is 9.80. The Labute approximate surface area is 168 Å². The van der Waals surface area contributed by atoms with Crippen molar-refractivity contribution < 1.29 is 24.1 Å². The van der Waals surface area contributed by atoms with Crippen molar-refractivity contribution in [1.82, 2.24) is 0 Å². The van der Waals surface area contributed by atoms with Gasteiger partial charge in [0.25, 0.3) is 0 Å². The van der Waals surface area contributed by atoms with E-state index in [2.05, 4.69) is 0 Å². The van der Waals surface area contributed by atoms with Crippen molar-refractivity contribution >= 4 is 17.3 Å². The van der Waals surface area contributed by atoms with Gasteiger partial charge in [-0.3, -0.25) is 4.79 Å². The van der Waals surface area contributed by atoms with E-state index < -0.39 is 11.9 Å². The van der Waals surface area contributed by atoms with Crippen molar-refractivity contribution in [2.75, 3.05) is 20.3 Å².